The fraction of sp³-hybridized carbons (Fsp3) is 0.231. The van der Waals surface area contributed by atoms with Crippen molar-refractivity contribution in [2.75, 3.05) is 24.1 Å². The van der Waals surface area contributed by atoms with Crippen molar-refractivity contribution in [3.05, 3.63) is 88.7 Å². The predicted octanol–water partition coefficient (Wildman–Crippen LogP) is -0.00641. The minimum atomic E-state index is -1.12. The third kappa shape index (κ3) is 6.08. The zero-order valence-electron chi connectivity index (χ0n) is 21.0. The molecule has 0 spiro atoms. The van der Waals surface area contributed by atoms with E-state index in [0.29, 0.717) is 17.1 Å². The molecule has 1 aliphatic heterocycles. The molecule has 2 heterocycles. The van der Waals surface area contributed by atoms with E-state index in [4.69, 9.17) is 21.7 Å². The van der Waals surface area contributed by atoms with E-state index in [9.17, 15) is 9.90 Å². The maximum Gasteiger partial charge on any atom is 1.00 e. The SMILES string of the molecule is COC1CC(C(=O)[O-])N(Cc2ccccc2)c2ccc(OCNc3cccc(-n4[nH]nnc4=S)c3)cc21.[Na+]. The van der Waals surface area contributed by atoms with Crippen LogP contribution >= 0.6 is 12.2 Å². The van der Waals surface area contributed by atoms with Crippen molar-refractivity contribution in [3.8, 4) is 11.4 Å². The number of aliphatic carboxylic acids is 1. The Hall–Kier alpha value is -3.22. The smallest absolute Gasteiger partial charge is 0.548 e. The molecule has 0 aliphatic carbocycles. The summed E-state index contributed by atoms with van der Waals surface area (Å²) in [6, 6.07) is 22.1. The molecule has 38 heavy (non-hydrogen) atoms. The van der Waals surface area contributed by atoms with E-state index in [1.807, 2.05) is 77.7 Å². The summed E-state index contributed by atoms with van der Waals surface area (Å²) in [5.41, 5.74) is 4.28. The number of methoxy groups -OCH3 is 1. The first-order valence-electron chi connectivity index (χ1n) is 11.7. The third-order valence-electron chi connectivity index (χ3n) is 6.31. The van der Waals surface area contributed by atoms with Gasteiger partial charge in [0.05, 0.1) is 23.8 Å². The molecule has 2 N–H and O–H groups in total. The summed E-state index contributed by atoms with van der Waals surface area (Å²) < 4.78 is 13.6. The molecule has 1 aromatic heterocycles. The molecule has 2 atom stereocenters. The Kier molecular flexibility index (Phi) is 9.18. The zero-order valence-corrected chi connectivity index (χ0v) is 23.9. The molecule has 5 rings (SSSR count). The van der Waals surface area contributed by atoms with Gasteiger partial charge in [-0.25, -0.2) is 4.68 Å². The van der Waals surface area contributed by atoms with Gasteiger partial charge in [-0.1, -0.05) is 46.7 Å². The second kappa shape index (κ2) is 12.5. The van der Waals surface area contributed by atoms with Crippen molar-refractivity contribution in [1.29, 1.82) is 0 Å². The van der Waals surface area contributed by atoms with Crippen LogP contribution < -0.4 is 49.6 Å². The number of nitrogens with one attached hydrogen (secondary N) is 2. The number of benzene rings is 3. The van der Waals surface area contributed by atoms with Crippen molar-refractivity contribution in [3.63, 3.8) is 0 Å². The molecule has 10 nitrogen and oxygen atoms in total. The van der Waals surface area contributed by atoms with E-state index < -0.39 is 18.1 Å². The molecule has 0 fully saturated rings. The van der Waals surface area contributed by atoms with Crippen LogP contribution in [0.25, 0.3) is 5.69 Å². The Morgan fingerprint density at radius 3 is 2.68 bits per heavy atom. The second-order valence-electron chi connectivity index (χ2n) is 8.56. The molecular formula is C26H25N6NaO4S. The number of carbonyl (C=O) groups excluding carboxylic acids is 1. The van der Waals surface area contributed by atoms with Crippen LogP contribution in [-0.4, -0.2) is 46.1 Å². The molecule has 0 bridgehead atoms. The molecule has 3 aromatic carbocycles. The Balaban J connectivity index is 0.00000336. The number of aromatic nitrogens is 4. The number of hydrogen-bond acceptors (Lipinski definition) is 9. The van der Waals surface area contributed by atoms with E-state index in [1.165, 1.54) is 0 Å². The Labute approximate surface area is 246 Å². The zero-order chi connectivity index (χ0) is 25.8. The van der Waals surface area contributed by atoms with Crippen LogP contribution in [0.15, 0.2) is 72.8 Å². The summed E-state index contributed by atoms with van der Waals surface area (Å²) in [6.45, 7) is 0.652. The van der Waals surface area contributed by atoms with Crippen LogP contribution in [0, 0.1) is 4.77 Å². The maximum absolute atomic E-state index is 12.0. The molecule has 2 unspecified atom stereocenters. The van der Waals surface area contributed by atoms with Gasteiger partial charge in [0, 0.05) is 37.0 Å². The molecular weight excluding hydrogens is 515 g/mol. The van der Waals surface area contributed by atoms with E-state index in [2.05, 4.69) is 20.8 Å². The van der Waals surface area contributed by atoms with Gasteiger partial charge < -0.3 is 29.6 Å². The first-order valence-corrected chi connectivity index (χ1v) is 12.1. The topological polar surface area (TPSA) is 120 Å². The van der Waals surface area contributed by atoms with Crippen molar-refractivity contribution in [2.24, 2.45) is 0 Å². The molecule has 190 valence electrons. The molecule has 0 radical (unpaired) electrons. The van der Waals surface area contributed by atoms with Crippen LogP contribution in [0.5, 0.6) is 5.75 Å². The van der Waals surface area contributed by atoms with E-state index in [0.717, 1.165) is 28.2 Å². The standard InChI is InChI=1S/C26H26N6O4S.Na/c1-35-24-14-23(25(33)34)31(15-17-6-3-2-4-7-17)22-11-10-20(13-21(22)24)36-16-27-18-8-5-9-19(12-18)32-26(37)28-29-30-32;/h2-13,23-24,27H,14-16H2,1H3,(H,33,34)(H,28,30,37);/q;+1/p-1. The molecule has 0 saturated carbocycles. The summed E-state index contributed by atoms with van der Waals surface area (Å²) >= 11 is 5.16. The van der Waals surface area contributed by atoms with Gasteiger partial charge in [0.1, 0.15) is 5.75 Å². The number of ether oxygens (including phenoxy) is 2. The summed E-state index contributed by atoms with van der Waals surface area (Å²) in [6.07, 6.45) is -0.122. The molecule has 12 heteroatoms. The Morgan fingerprint density at radius 1 is 1.16 bits per heavy atom. The van der Waals surface area contributed by atoms with Gasteiger partial charge in [0.25, 0.3) is 0 Å². The van der Waals surface area contributed by atoms with Crippen LogP contribution in [0.3, 0.4) is 0 Å². The monoisotopic (exact) mass is 540 g/mol. The van der Waals surface area contributed by atoms with E-state index in [1.54, 1.807) is 11.8 Å². The number of carboxylic acids is 1. The Bertz CT molecular complexity index is 1450. The number of aromatic amines is 1. The third-order valence-corrected chi connectivity index (χ3v) is 6.58. The first-order chi connectivity index (χ1) is 18.0. The number of carbonyl (C=O) groups is 1. The van der Waals surface area contributed by atoms with Crippen LogP contribution in [-0.2, 0) is 16.1 Å². The minimum absolute atomic E-state index is 0. The number of carboxylic acid groups (broad SMARTS) is 1. The quantitative estimate of drug-likeness (QED) is 0.172. The number of fused-ring (bicyclic) bond motifs is 1. The largest absolute Gasteiger partial charge is 1.00 e. The average molecular weight is 541 g/mol. The maximum atomic E-state index is 12.0. The number of hydrogen-bond donors (Lipinski definition) is 2. The van der Waals surface area contributed by atoms with Gasteiger partial charge in [0.15, 0.2) is 6.73 Å². The molecule has 0 amide bonds. The van der Waals surface area contributed by atoms with Gasteiger partial charge in [-0.15, -0.1) is 0 Å². The molecule has 4 aromatic rings. The van der Waals surface area contributed by atoms with Crippen LogP contribution in [0.1, 0.15) is 23.7 Å². The van der Waals surface area contributed by atoms with Crippen LogP contribution in [0.2, 0.25) is 0 Å². The van der Waals surface area contributed by atoms with Gasteiger partial charge in [-0.05, 0) is 54.2 Å². The number of tetrazole rings is 1. The van der Waals surface area contributed by atoms with Crippen molar-refractivity contribution >= 4 is 29.6 Å². The summed E-state index contributed by atoms with van der Waals surface area (Å²) in [5.74, 6) is -0.487. The Morgan fingerprint density at radius 2 is 1.97 bits per heavy atom. The molecule has 0 saturated heterocycles. The van der Waals surface area contributed by atoms with E-state index >= 15 is 0 Å². The minimum Gasteiger partial charge on any atom is -0.548 e. The fourth-order valence-electron chi connectivity index (χ4n) is 4.51. The molecule has 1 aliphatic rings. The van der Waals surface area contributed by atoms with Gasteiger partial charge in [-0.2, -0.15) is 5.21 Å². The average Bonchev–Trinajstić information content (AvgIpc) is 3.35. The van der Waals surface area contributed by atoms with Crippen LogP contribution in [0.4, 0.5) is 11.4 Å². The number of rotatable bonds is 9. The normalized spacial score (nSPS) is 16.3. The van der Waals surface area contributed by atoms with Gasteiger partial charge in [0.2, 0.25) is 4.77 Å². The number of H-pyrrole nitrogens is 1. The van der Waals surface area contributed by atoms with E-state index in [-0.39, 0.29) is 42.7 Å². The number of anilines is 2. The van der Waals surface area contributed by atoms with Gasteiger partial charge in [-0.3, -0.25) is 0 Å². The van der Waals surface area contributed by atoms with Crippen molar-refractivity contribution in [1.82, 2.24) is 20.2 Å². The summed E-state index contributed by atoms with van der Waals surface area (Å²) in [4.78, 5) is 13.9. The summed E-state index contributed by atoms with van der Waals surface area (Å²) in [5, 5.41) is 25.5. The predicted molar refractivity (Wildman–Crippen MR) is 138 cm³/mol. The fourth-order valence-corrected chi connectivity index (χ4v) is 4.70. The second-order valence-corrected chi connectivity index (χ2v) is 8.93. The first kappa shape index (κ1) is 27.8. The van der Waals surface area contributed by atoms with Crippen molar-refractivity contribution in [2.45, 2.75) is 25.1 Å². The van der Waals surface area contributed by atoms with Crippen molar-refractivity contribution < 1.29 is 48.9 Å². The number of nitrogens with zero attached hydrogens (tertiary/aromatic N) is 4. The summed E-state index contributed by atoms with van der Waals surface area (Å²) in [7, 11) is 1.58. The van der Waals surface area contributed by atoms with Gasteiger partial charge >= 0.3 is 29.6 Å².